The molecule has 0 spiro atoms. The summed E-state index contributed by atoms with van der Waals surface area (Å²) in [5.74, 6) is 0.933. The number of thiocarbonyl (C=S) groups is 1. The maximum absolute atomic E-state index is 12.7. The number of halogens is 4. The van der Waals surface area contributed by atoms with Crippen LogP contribution in [0.5, 0.6) is 0 Å². The highest BCUT2D eigenvalue weighted by Gasteiger charge is 2.32. The Kier molecular flexibility index (Phi) is 6.73. The van der Waals surface area contributed by atoms with Crippen molar-refractivity contribution in [2.24, 2.45) is 5.92 Å². The number of alkyl halides is 3. The molecule has 140 valence electrons. The molecule has 1 saturated heterocycles. The van der Waals surface area contributed by atoms with Gasteiger partial charge in [-0.2, -0.15) is 13.2 Å². The molecule has 2 rings (SSSR count). The molecule has 1 aliphatic heterocycles. The molecule has 0 saturated carbocycles. The molecule has 1 atom stereocenters. The third kappa shape index (κ3) is 5.34. The zero-order valence-corrected chi connectivity index (χ0v) is 15.8. The maximum Gasteiger partial charge on any atom is 0.417 e. The number of hydrogen-bond donors (Lipinski definition) is 1. The fourth-order valence-electron chi connectivity index (χ4n) is 2.46. The van der Waals surface area contributed by atoms with Crippen LogP contribution >= 0.6 is 23.8 Å². The molecule has 1 aromatic rings. The zero-order chi connectivity index (χ0) is 18.6. The monoisotopic (exact) mass is 394 g/mol. The molecule has 1 fully saturated rings. The molecule has 0 amide bonds. The summed E-state index contributed by atoms with van der Waals surface area (Å²) in [6.45, 7) is 7.67. The molecule has 0 radical (unpaired) electrons. The minimum Gasteiger partial charge on any atom is -0.362 e. The number of aromatic nitrogens is 1. The van der Waals surface area contributed by atoms with Gasteiger partial charge in [0.25, 0.3) is 0 Å². The lowest BCUT2D eigenvalue weighted by Gasteiger charge is -2.37. The number of pyridine rings is 1. The molecule has 1 aliphatic rings. The second kappa shape index (κ2) is 8.40. The molecule has 0 aromatic carbocycles. The Morgan fingerprint density at radius 2 is 2.00 bits per heavy atom. The highest BCUT2D eigenvalue weighted by Crippen LogP contribution is 2.33. The average molecular weight is 395 g/mol. The lowest BCUT2D eigenvalue weighted by molar-refractivity contribution is -0.137. The third-order valence-electron chi connectivity index (χ3n) is 4.31. The summed E-state index contributed by atoms with van der Waals surface area (Å²) in [5, 5.41) is 3.99. The second-order valence-corrected chi connectivity index (χ2v) is 6.99. The Balaban J connectivity index is 1.93. The van der Waals surface area contributed by atoms with E-state index in [0.29, 0.717) is 43.0 Å². The molecule has 0 bridgehead atoms. The molecule has 2 heterocycles. The van der Waals surface area contributed by atoms with Crippen LogP contribution in [0.1, 0.15) is 25.8 Å². The highest BCUT2D eigenvalue weighted by atomic mass is 35.5. The Morgan fingerprint density at radius 3 is 2.52 bits per heavy atom. The van der Waals surface area contributed by atoms with Crippen molar-refractivity contribution in [1.29, 1.82) is 0 Å². The highest BCUT2D eigenvalue weighted by molar-refractivity contribution is 7.80. The van der Waals surface area contributed by atoms with Crippen LogP contribution in [0, 0.1) is 5.92 Å². The summed E-state index contributed by atoms with van der Waals surface area (Å²) in [6, 6.07) is 0.925. The van der Waals surface area contributed by atoms with Crippen molar-refractivity contribution >= 4 is 34.7 Å². The smallest absolute Gasteiger partial charge is 0.362 e. The fraction of sp³-hybridized carbons (Fsp3) is 0.625. The molecule has 1 N–H and O–H groups in total. The van der Waals surface area contributed by atoms with Gasteiger partial charge in [-0.25, -0.2) is 4.98 Å². The Morgan fingerprint density at radius 1 is 1.36 bits per heavy atom. The molecule has 4 nitrogen and oxygen atoms in total. The summed E-state index contributed by atoms with van der Waals surface area (Å²) >= 11 is 11.4. The lowest BCUT2D eigenvalue weighted by atomic mass is 10.1. The minimum atomic E-state index is -4.44. The van der Waals surface area contributed by atoms with Gasteiger partial charge in [-0.1, -0.05) is 31.9 Å². The van der Waals surface area contributed by atoms with Gasteiger partial charge >= 0.3 is 6.18 Å². The van der Waals surface area contributed by atoms with Crippen LogP contribution in [0.4, 0.5) is 19.0 Å². The summed E-state index contributed by atoms with van der Waals surface area (Å²) in [7, 11) is 0. The number of hydrogen-bond acceptors (Lipinski definition) is 3. The van der Waals surface area contributed by atoms with Crippen molar-refractivity contribution in [1.82, 2.24) is 15.2 Å². The average Bonchev–Trinajstić information content (AvgIpc) is 2.58. The van der Waals surface area contributed by atoms with E-state index in [1.54, 1.807) is 0 Å². The summed E-state index contributed by atoms with van der Waals surface area (Å²) < 4.78 is 38.1. The first kappa shape index (κ1) is 20.0. The maximum atomic E-state index is 12.7. The second-order valence-electron chi connectivity index (χ2n) is 6.20. The standard InChI is InChI=1S/C16H22ClF3N4S/c1-3-11(2)9-22-15(25)24-6-4-23(5-7-24)14-13(17)8-12(10-21-14)16(18,19)20/h8,10-11H,3-7,9H2,1-2H3,(H,22,25)/t11-/m1/s1. The number of piperazine rings is 1. The predicted molar refractivity (Wildman–Crippen MR) is 98.1 cm³/mol. The van der Waals surface area contributed by atoms with Crippen molar-refractivity contribution in [3.63, 3.8) is 0 Å². The first-order valence-corrected chi connectivity index (χ1v) is 9.01. The van der Waals surface area contributed by atoms with Crippen LogP contribution in [0.15, 0.2) is 12.3 Å². The summed E-state index contributed by atoms with van der Waals surface area (Å²) in [6.07, 6.45) is -2.53. The van der Waals surface area contributed by atoms with Crippen LogP contribution in [-0.4, -0.2) is 47.7 Å². The molecule has 9 heteroatoms. The lowest BCUT2D eigenvalue weighted by Crippen LogP contribution is -2.52. The van der Waals surface area contributed by atoms with Crippen molar-refractivity contribution < 1.29 is 13.2 Å². The molecular weight excluding hydrogens is 373 g/mol. The van der Waals surface area contributed by atoms with Crippen LogP contribution in [0.3, 0.4) is 0 Å². The Bertz CT molecular complexity index is 604. The molecule has 0 aliphatic carbocycles. The summed E-state index contributed by atoms with van der Waals surface area (Å²) in [5.41, 5.74) is -0.838. The van der Waals surface area contributed by atoms with E-state index in [9.17, 15) is 13.2 Å². The van der Waals surface area contributed by atoms with Gasteiger partial charge in [0.1, 0.15) is 5.82 Å². The number of rotatable bonds is 4. The van der Waals surface area contributed by atoms with Crippen molar-refractivity contribution in [2.45, 2.75) is 26.4 Å². The first-order chi connectivity index (χ1) is 11.7. The molecule has 0 unspecified atom stereocenters. The van der Waals surface area contributed by atoms with E-state index in [4.69, 9.17) is 23.8 Å². The van der Waals surface area contributed by atoms with Crippen molar-refractivity contribution in [3.05, 3.63) is 22.8 Å². The fourth-order valence-corrected chi connectivity index (χ4v) is 3.01. The van der Waals surface area contributed by atoms with E-state index in [2.05, 4.69) is 29.0 Å². The SMILES string of the molecule is CC[C@@H](C)CNC(=S)N1CCN(c2ncc(C(F)(F)F)cc2Cl)CC1. The molecular formula is C16H22ClF3N4S. The number of anilines is 1. The van der Waals surface area contributed by atoms with Crippen molar-refractivity contribution in [2.75, 3.05) is 37.6 Å². The normalized spacial score (nSPS) is 16.7. The van der Waals surface area contributed by atoms with E-state index in [-0.39, 0.29) is 5.02 Å². The quantitative estimate of drug-likeness (QED) is 0.785. The molecule has 1 aromatic heterocycles. The van der Waals surface area contributed by atoms with Crippen LogP contribution in [-0.2, 0) is 6.18 Å². The van der Waals surface area contributed by atoms with Gasteiger partial charge in [0.2, 0.25) is 0 Å². The summed E-state index contributed by atoms with van der Waals surface area (Å²) in [4.78, 5) is 7.86. The minimum absolute atomic E-state index is 0.0146. The Labute approximate surface area is 156 Å². The first-order valence-electron chi connectivity index (χ1n) is 8.22. The Hall–Kier alpha value is -1.28. The van der Waals surface area contributed by atoms with Gasteiger partial charge in [-0.15, -0.1) is 0 Å². The third-order valence-corrected chi connectivity index (χ3v) is 4.99. The van der Waals surface area contributed by atoms with E-state index in [1.807, 2.05) is 4.90 Å². The van der Waals surface area contributed by atoms with Crippen molar-refractivity contribution in [3.8, 4) is 0 Å². The molecule has 25 heavy (non-hydrogen) atoms. The van der Waals surface area contributed by atoms with Crippen LogP contribution in [0.25, 0.3) is 0 Å². The van der Waals surface area contributed by atoms with E-state index >= 15 is 0 Å². The van der Waals surface area contributed by atoms with Gasteiger partial charge in [0, 0.05) is 38.9 Å². The van der Waals surface area contributed by atoms with E-state index < -0.39 is 11.7 Å². The van der Waals surface area contributed by atoms with Gasteiger partial charge in [0.05, 0.1) is 10.6 Å². The predicted octanol–water partition coefficient (Wildman–Crippen LogP) is 3.80. The van der Waals surface area contributed by atoms with Gasteiger partial charge in [-0.3, -0.25) is 0 Å². The van der Waals surface area contributed by atoms with Gasteiger partial charge < -0.3 is 15.1 Å². The zero-order valence-electron chi connectivity index (χ0n) is 14.2. The topological polar surface area (TPSA) is 31.4 Å². The van der Waals surface area contributed by atoms with Gasteiger partial charge in [0.15, 0.2) is 5.11 Å². The number of nitrogens with zero attached hydrogens (tertiary/aromatic N) is 3. The largest absolute Gasteiger partial charge is 0.417 e. The van der Waals surface area contributed by atoms with E-state index in [0.717, 1.165) is 25.2 Å². The van der Waals surface area contributed by atoms with Crippen LogP contribution < -0.4 is 10.2 Å². The van der Waals surface area contributed by atoms with E-state index in [1.165, 1.54) is 0 Å². The van der Waals surface area contributed by atoms with Crippen LogP contribution in [0.2, 0.25) is 5.02 Å². The number of nitrogens with one attached hydrogen (secondary N) is 1. The van der Waals surface area contributed by atoms with Gasteiger partial charge in [-0.05, 0) is 24.2 Å².